The van der Waals surface area contributed by atoms with Crippen LogP contribution < -0.4 is 0 Å². The smallest absolute Gasteiger partial charge is 0.212 e. The summed E-state index contributed by atoms with van der Waals surface area (Å²) in [7, 11) is -3.00. The first kappa shape index (κ1) is 10.1. The van der Waals surface area contributed by atoms with Gasteiger partial charge in [0.2, 0.25) is 10.0 Å². The van der Waals surface area contributed by atoms with E-state index < -0.39 is 10.0 Å². The van der Waals surface area contributed by atoms with Gasteiger partial charge < -0.3 is 0 Å². The number of sulfonamides is 1. The van der Waals surface area contributed by atoms with Crippen LogP contribution in [0.2, 0.25) is 0 Å². The molecule has 78 valence electrons. The van der Waals surface area contributed by atoms with Crippen molar-refractivity contribution in [2.45, 2.75) is 19.9 Å². The van der Waals surface area contributed by atoms with Crippen LogP contribution in [0.3, 0.4) is 0 Å². The van der Waals surface area contributed by atoms with Crippen LogP contribution in [-0.2, 0) is 23.0 Å². The molecule has 0 spiro atoms. The monoisotopic (exact) mass is 231 g/mol. The van der Waals surface area contributed by atoms with Gasteiger partial charge in [-0.2, -0.15) is 4.31 Å². The highest BCUT2D eigenvalue weighted by molar-refractivity contribution is 7.89. The van der Waals surface area contributed by atoms with E-state index in [1.54, 1.807) is 22.6 Å². The summed E-state index contributed by atoms with van der Waals surface area (Å²) < 4.78 is 24.8. The molecule has 0 unspecified atom stereocenters. The topological polar surface area (TPSA) is 37.4 Å². The third-order valence-electron chi connectivity index (χ3n) is 2.53. The van der Waals surface area contributed by atoms with Crippen LogP contribution >= 0.6 is 11.3 Å². The number of nitrogens with zero attached hydrogens (tertiary/aromatic N) is 1. The molecule has 0 amide bonds. The molecule has 0 N–H and O–H groups in total. The largest absolute Gasteiger partial charge is 0.214 e. The van der Waals surface area contributed by atoms with Crippen LogP contribution in [0.4, 0.5) is 0 Å². The molecule has 14 heavy (non-hydrogen) atoms. The van der Waals surface area contributed by atoms with E-state index in [1.165, 1.54) is 10.4 Å². The minimum atomic E-state index is -3.00. The fourth-order valence-electron chi connectivity index (χ4n) is 1.64. The lowest BCUT2D eigenvalue weighted by atomic mass is 10.1. The van der Waals surface area contributed by atoms with E-state index in [2.05, 4.69) is 0 Å². The Kier molecular flexibility index (Phi) is 2.64. The molecule has 1 aromatic heterocycles. The van der Waals surface area contributed by atoms with Crippen molar-refractivity contribution in [3.63, 3.8) is 0 Å². The molecule has 0 saturated carbocycles. The lowest BCUT2D eigenvalue weighted by molar-refractivity contribution is 0.395. The van der Waals surface area contributed by atoms with Gasteiger partial charge in [0.05, 0.1) is 5.75 Å². The number of hydrogen-bond donors (Lipinski definition) is 0. The molecule has 0 bridgehead atoms. The van der Waals surface area contributed by atoms with E-state index in [-0.39, 0.29) is 5.75 Å². The molecule has 0 atom stereocenters. The maximum absolute atomic E-state index is 11.6. The maximum atomic E-state index is 11.6. The third-order valence-corrected chi connectivity index (χ3v) is 5.38. The Balaban J connectivity index is 2.23. The van der Waals surface area contributed by atoms with E-state index in [0.717, 1.165) is 6.42 Å². The third kappa shape index (κ3) is 1.71. The zero-order chi connectivity index (χ0) is 10.2. The molecule has 3 nitrogen and oxygen atoms in total. The van der Waals surface area contributed by atoms with Gasteiger partial charge in [0.1, 0.15) is 0 Å². The second-order valence-corrected chi connectivity index (χ2v) is 6.61. The molecule has 0 aromatic carbocycles. The van der Waals surface area contributed by atoms with Gasteiger partial charge in [0.25, 0.3) is 0 Å². The van der Waals surface area contributed by atoms with Crippen molar-refractivity contribution >= 4 is 21.4 Å². The second-order valence-electron chi connectivity index (χ2n) is 3.35. The standard InChI is InChI=1S/C9H13NO2S2/c1-2-14(11,12)10-5-3-9-8(7-10)4-6-13-9/h4,6H,2-3,5,7H2,1H3. The first-order valence-corrected chi connectivity index (χ1v) is 7.15. The molecule has 2 heterocycles. The summed E-state index contributed by atoms with van der Waals surface area (Å²) in [5, 5.41) is 2.03. The highest BCUT2D eigenvalue weighted by Gasteiger charge is 2.25. The van der Waals surface area contributed by atoms with Crippen molar-refractivity contribution in [3.05, 3.63) is 21.9 Å². The fraction of sp³-hybridized carbons (Fsp3) is 0.556. The number of hydrogen-bond acceptors (Lipinski definition) is 3. The Morgan fingerprint density at radius 2 is 2.36 bits per heavy atom. The van der Waals surface area contributed by atoms with E-state index in [1.807, 2.05) is 11.4 Å². The molecule has 2 rings (SSSR count). The minimum absolute atomic E-state index is 0.201. The van der Waals surface area contributed by atoms with Gasteiger partial charge in [-0.15, -0.1) is 11.3 Å². The Morgan fingerprint density at radius 3 is 3.07 bits per heavy atom. The molecule has 5 heteroatoms. The Hall–Kier alpha value is -0.390. The molecule has 1 aromatic rings. The lowest BCUT2D eigenvalue weighted by Crippen LogP contribution is -2.36. The normalized spacial score (nSPS) is 18.1. The van der Waals surface area contributed by atoms with Crippen molar-refractivity contribution in [2.24, 2.45) is 0 Å². The maximum Gasteiger partial charge on any atom is 0.214 e. The van der Waals surface area contributed by atoms with Crippen LogP contribution in [0.1, 0.15) is 17.4 Å². The fourth-order valence-corrected chi connectivity index (χ4v) is 3.60. The summed E-state index contributed by atoms with van der Waals surface area (Å²) in [4.78, 5) is 1.34. The van der Waals surface area contributed by atoms with Gasteiger partial charge >= 0.3 is 0 Å². The summed E-state index contributed by atoms with van der Waals surface area (Å²) >= 11 is 1.72. The van der Waals surface area contributed by atoms with Crippen molar-refractivity contribution in [1.82, 2.24) is 4.31 Å². The van der Waals surface area contributed by atoms with Crippen LogP contribution in [0.25, 0.3) is 0 Å². The number of rotatable bonds is 2. The molecule has 0 fully saturated rings. The van der Waals surface area contributed by atoms with Crippen molar-refractivity contribution < 1.29 is 8.42 Å². The summed E-state index contributed by atoms with van der Waals surface area (Å²) in [6.45, 7) is 2.90. The molecule has 1 aliphatic heterocycles. The molecule has 0 saturated heterocycles. The van der Waals surface area contributed by atoms with Crippen LogP contribution in [0.5, 0.6) is 0 Å². The predicted octanol–water partition coefficient (Wildman–Crippen LogP) is 1.46. The minimum Gasteiger partial charge on any atom is -0.212 e. The van der Waals surface area contributed by atoms with Gasteiger partial charge in [-0.1, -0.05) is 0 Å². The highest BCUT2D eigenvalue weighted by atomic mass is 32.2. The summed E-state index contributed by atoms with van der Waals surface area (Å²) in [5.41, 5.74) is 1.18. The average Bonchev–Trinajstić information content (AvgIpc) is 2.64. The summed E-state index contributed by atoms with van der Waals surface area (Å²) in [5.74, 6) is 0.201. The summed E-state index contributed by atoms with van der Waals surface area (Å²) in [6.07, 6.45) is 0.867. The first-order chi connectivity index (χ1) is 6.63. The van der Waals surface area contributed by atoms with Crippen LogP contribution in [-0.4, -0.2) is 25.0 Å². The van der Waals surface area contributed by atoms with Crippen LogP contribution in [0, 0.1) is 0 Å². The van der Waals surface area contributed by atoms with E-state index >= 15 is 0 Å². The molecular weight excluding hydrogens is 218 g/mol. The van der Waals surface area contributed by atoms with E-state index in [4.69, 9.17) is 0 Å². The van der Waals surface area contributed by atoms with Gasteiger partial charge in [-0.05, 0) is 30.4 Å². The van der Waals surface area contributed by atoms with Gasteiger partial charge in [-0.3, -0.25) is 0 Å². The van der Waals surface area contributed by atoms with E-state index in [0.29, 0.717) is 13.1 Å². The van der Waals surface area contributed by atoms with Crippen molar-refractivity contribution in [3.8, 4) is 0 Å². The second kappa shape index (κ2) is 3.64. The highest BCUT2D eigenvalue weighted by Crippen LogP contribution is 2.25. The van der Waals surface area contributed by atoms with Crippen LogP contribution in [0.15, 0.2) is 11.4 Å². The average molecular weight is 231 g/mol. The van der Waals surface area contributed by atoms with E-state index in [9.17, 15) is 8.42 Å². The van der Waals surface area contributed by atoms with Gasteiger partial charge in [0, 0.05) is 18.0 Å². The zero-order valence-corrected chi connectivity index (χ0v) is 9.70. The SMILES string of the molecule is CCS(=O)(=O)N1CCc2sccc2C1. The number of fused-ring (bicyclic) bond motifs is 1. The van der Waals surface area contributed by atoms with Gasteiger partial charge in [-0.25, -0.2) is 8.42 Å². The van der Waals surface area contributed by atoms with Gasteiger partial charge in [0.15, 0.2) is 0 Å². The Morgan fingerprint density at radius 1 is 1.57 bits per heavy atom. The first-order valence-electron chi connectivity index (χ1n) is 4.66. The zero-order valence-electron chi connectivity index (χ0n) is 8.06. The number of thiophene rings is 1. The van der Waals surface area contributed by atoms with Crippen molar-refractivity contribution in [2.75, 3.05) is 12.3 Å². The molecule has 0 radical (unpaired) electrons. The Bertz CT molecular complexity index is 422. The molecule has 0 aliphatic carbocycles. The molecule has 1 aliphatic rings. The Labute approximate surface area is 88.4 Å². The lowest BCUT2D eigenvalue weighted by Gasteiger charge is -2.25. The summed E-state index contributed by atoms with van der Waals surface area (Å²) in [6, 6.07) is 2.03. The molecular formula is C9H13NO2S2. The predicted molar refractivity (Wildman–Crippen MR) is 57.9 cm³/mol. The van der Waals surface area contributed by atoms with Crippen molar-refractivity contribution in [1.29, 1.82) is 0 Å². The quantitative estimate of drug-likeness (QED) is 0.772.